The van der Waals surface area contributed by atoms with Gasteiger partial charge in [0.25, 0.3) is 16.6 Å². The van der Waals surface area contributed by atoms with Crippen LogP contribution in [0.2, 0.25) is 0 Å². The second kappa shape index (κ2) is 16.3. The average molecular weight is 823 g/mol. The van der Waals surface area contributed by atoms with Crippen molar-refractivity contribution in [1.82, 2.24) is 0 Å². The minimum Gasteiger partial charge on any atom is -0.401 e. The number of fused-ring (bicyclic) bond motifs is 5. The van der Waals surface area contributed by atoms with Crippen molar-refractivity contribution >= 4 is 47.8 Å². The third kappa shape index (κ3) is 6.47. The van der Waals surface area contributed by atoms with Crippen LogP contribution in [-0.2, 0) is 8.85 Å². The summed E-state index contributed by atoms with van der Waals surface area (Å²) >= 11 is 0. The van der Waals surface area contributed by atoms with Gasteiger partial charge in [-0.05, 0) is 106 Å². The molecule has 0 aromatic heterocycles. The average Bonchev–Trinajstić information content (AvgIpc) is 3.66. The second-order valence-corrected chi connectivity index (χ2v) is 25.1. The third-order valence-corrected chi connectivity index (χ3v) is 23.9. The Labute approximate surface area is 359 Å². The lowest BCUT2D eigenvalue weighted by Crippen LogP contribution is -2.71. The van der Waals surface area contributed by atoms with Crippen molar-refractivity contribution in [2.24, 2.45) is 28.6 Å². The molecule has 6 aromatic rings. The zero-order valence-electron chi connectivity index (χ0n) is 34.9. The number of aliphatic hydroxyl groups excluding tert-OH is 1. The smallest absolute Gasteiger partial charge is 0.288 e. The predicted molar refractivity (Wildman–Crippen MR) is 251 cm³/mol. The Morgan fingerprint density at radius 3 is 1.32 bits per heavy atom. The van der Waals surface area contributed by atoms with Gasteiger partial charge in [0, 0.05) is 5.41 Å². The van der Waals surface area contributed by atoms with Crippen LogP contribution in [-0.4, -0.2) is 40.6 Å². The fourth-order valence-electron chi connectivity index (χ4n) is 12.9. The van der Waals surface area contributed by atoms with E-state index in [0.717, 1.165) is 38.5 Å². The first-order chi connectivity index (χ1) is 29.5. The number of hydrogen-bond acceptors (Lipinski definition) is 3. The molecule has 4 aliphatic carbocycles. The van der Waals surface area contributed by atoms with E-state index >= 15 is 0 Å². The van der Waals surface area contributed by atoms with Crippen molar-refractivity contribution in [2.45, 2.75) is 70.5 Å². The van der Waals surface area contributed by atoms with Gasteiger partial charge in [-0.15, -0.1) is 0 Å². The van der Waals surface area contributed by atoms with E-state index < -0.39 is 16.6 Å². The molecule has 0 spiro atoms. The molecule has 60 heavy (non-hydrogen) atoms. The van der Waals surface area contributed by atoms with Crippen molar-refractivity contribution in [1.29, 1.82) is 0 Å². The maximum Gasteiger partial charge on any atom is 0.288 e. The largest absolute Gasteiger partial charge is 0.401 e. The van der Waals surface area contributed by atoms with E-state index in [9.17, 15) is 5.11 Å². The first kappa shape index (κ1) is 39.5. The molecular weight excluding hydrogens is 765 g/mol. The van der Waals surface area contributed by atoms with Gasteiger partial charge in [-0.3, -0.25) is 0 Å². The van der Waals surface area contributed by atoms with Crippen LogP contribution in [0.5, 0.6) is 0 Å². The van der Waals surface area contributed by atoms with Crippen molar-refractivity contribution in [3.63, 3.8) is 0 Å². The zero-order valence-corrected chi connectivity index (χ0v) is 36.9. The molecule has 2 unspecified atom stereocenters. The number of rotatable bonds is 11. The van der Waals surface area contributed by atoms with Crippen LogP contribution >= 0.6 is 0 Å². The maximum atomic E-state index is 11.7. The maximum absolute atomic E-state index is 11.7. The Hall–Kier alpha value is -4.63. The highest BCUT2D eigenvalue weighted by Gasteiger charge is 2.62. The summed E-state index contributed by atoms with van der Waals surface area (Å²) in [7, 11) is -5.75. The standard InChI is InChI=1S/C55H58O3Si2/c1-54-38-37-52-50(51(54)34-35-53(54)58-60(47-26-14-5-15-27-47,48-28-16-6-17-29-48)49-30-18-7-19-31-49)33-32-42-40-43(36-39-55(42,52)41-56)57-59(44-20-8-2-9-21-44,45-22-10-3-11-23-45)46-24-12-4-13-25-46/h2-31,40,43,50-53,56H,32-39,41H2,1H3/t43?,50-,51-,52+,53?,54-,55+/m0/s1. The lowest BCUT2D eigenvalue weighted by Gasteiger charge is -2.59. The lowest BCUT2D eigenvalue weighted by atomic mass is 9.47. The summed E-state index contributed by atoms with van der Waals surface area (Å²) in [5.41, 5.74) is 1.34. The van der Waals surface area contributed by atoms with Gasteiger partial charge in [0.2, 0.25) is 0 Å². The van der Waals surface area contributed by atoms with E-state index in [2.05, 4.69) is 195 Å². The van der Waals surface area contributed by atoms with Crippen LogP contribution in [0.3, 0.4) is 0 Å². The SMILES string of the molecule is C[C@]12CC[C@@H]3[C@@H](CCC4=CC(O[Si](c5ccccc5)(c5ccccc5)c5ccccc5)CC[C@@]43CO)[C@@H]1CCC2O[Si](c1ccccc1)(c1ccccc1)c1ccccc1. The summed E-state index contributed by atoms with van der Waals surface area (Å²) in [6, 6.07) is 66.3. The van der Waals surface area contributed by atoms with Gasteiger partial charge < -0.3 is 14.0 Å². The van der Waals surface area contributed by atoms with E-state index in [4.69, 9.17) is 8.85 Å². The molecule has 0 amide bonds. The van der Waals surface area contributed by atoms with Gasteiger partial charge in [0.15, 0.2) is 0 Å². The summed E-state index contributed by atoms with van der Waals surface area (Å²) in [5, 5.41) is 19.4. The minimum absolute atomic E-state index is 0.0198. The molecular formula is C55H58O3Si2. The highest BCUT2D eigenvalue weighted by atomic mass is 28.4. The number of aliphatic hydroxyl groups is 1. The topological polar surface area (TPSA) is 38.7 Å². The molecule has 0 heterocycles. The second-order valence-electron chi connectivity index (χ2n) is 18.4. The number of hydrogen-bond donors (Lipinski definition) is 1. The first-order valence-electron chi connectivity index (χ1n) is 22.5. The van der Waals surface area contributed by atoms with Gasteiger partial charge in [-0.2, -0.15) is 0 Å². The molecule has 0 aliphatic heterocycles. The van der Waals surface area contributed by atoms with Crippen LogP contribution in [0.4, 0.5) is 0 Å². The highest BCUT2D eigenvalue weighted by molar-refractivity contribution is 7.07. The monoisotopic (exact) mass is 822 g/mol. The van der Waals surface area contributed by atoms with E-state index in [1.807, 2.05) is 0 Å². The van der Waals surface area contributed by atoms with Crippen LogP contribution in [0.25, 0.3) is 0 Å². The molecule has 4 aliphatic rings. The molecule has 10 rings (SSSR count). The molecule has 3 nitrogen and oxygen atoms in total. The summed E-state index contributed by atoms with van der Waals surface area (Å²) in [6.45, 7) is 2.80. The van der Waals surface area contributed by atoms with E-state index in [-0.39, 0.29) is 29.6 Å². The van der Waals surface area contributed by atoms with Crippen molar-refractivity contribution < 1.29 is 14.0 Å². The molecule has 304 valence electrons. The molecule has 0 bridgehead atoms. The molecule has 7 atom stereocenters. The van der Waals surface area contributed by atoms with E-state index in [1.165, 1.54) is 49.5 Å². The first-order valence-corrected chi connectivity index (χ1v) is 26.3. The van der Waals surface area contributed by atoms with Crippen molar-refractivity contribution in [2.75, 3.05) is 6.61 Å². The van der Waals surface area contributed by atoms with Crippen LogP contribution in [0, 0.1) is 28.6 Å². The molecule has 5 heteroatoms. The van der Waals surface area contributed by atoms with Gasteiger partial charge in [-0.25, -0.2) is 0 Å². The van der Waals surface area contributed by atoms with Gasteiger partial charge in [0.1, 0.15) is 0 Å². The Morgan fingerprint density at radius 2 is 0.900 bits per heavy atom. The fourth-order valence-corrected chi connectivity index (χ4v) is 21.2. The van der Waals surface area contributed by atoms with Crippen LogP contribution < -0.4 is 31.1 Å². The Kier molecular flexibility index (Phi) is 10.8. The van der Waals surface area contributed by atoms with Crippen molar-refractivity contribution in [3.05, 3.63) is 194 Å². The quantitative estimate of drug-likeness (QED) is 0.0818. The molecule has 0 radical (unpaired) electrons. The minimum atomic E-state index is -2.88. The van der Waals surface area contributed by atoms with Gasteiger partial charge >= 0.3 is 0 Å². The summed E-state index contributed by atoms with van der Waals surface area (Å²) < 4.78 is 15.7. The normalized spacial score (nSPS) is 27.6. The highest BCUT2D eigenvalue weighted by Crippen LogP contribution is 2.66. The van der Waals surface area contributed by atoms with Crippen LogP contribution in [0.15, 0.2) is 194 Å². The fraction of sp³-hybridized carbons (Fsp3) is 0.309. The van der Waals surface area contributed by atoms with E-state index in [0.29, 0.717) is 17.8 Å². The molecule has 0 saturated heterocycles. The Morgan fingerprint density at radius 1 is 0.483 bits per heavy atom. The Balaban J connectivity index is 0.970. The van der Waals surface area contributed by atoms with Crippen molar-refractivity contribution in [3.8, 4) is 0 Å². The molecule has 3 fully saturated rings. The molecule has 6 aromatic carbocycles. The zero-order chi connectivity index (χ0) is 40.6. The summed E-state index contributed by atoms with van der Waals surface area (Å²) in [6.07, 6.45) is 11.3. The van der Waals surface area contributed by atoms with Gasteiger partial charge in [0.05, 0.1) is 18.8 Å². The molecule has 3 saturated carbocycles. The third-order valence-electron chi connectivity index (χ3n) is 15.7. The Bertz CT molecular complexity index is 2180. The summed E-state index contributed by atoms with van der Waals surface area (Å²) in [4.78, 5) is 0. The number of benzene rings is 6. The summed E-state index contributed by atoms with van der Waals surface area (Å²) in [5.74, 6) is 1.62. The lowest BCUT2D eigenvalue weighted by molar-refractivity contribution is -0.0891. The molecule has 1 N–H and O–H groups in total. The van der Waals surface area contributed by atoms with E-state index in [1.54, 1.807) is 0 Å². The van der Waals surface area contributed by atoms with Crippen LogP contribution in [0.1, 0.15) is 58.3 Å². The van der Waals surface area contributed by atoms with Gasteiger partial charge in [-0.1, -0.05) is 201 Å². The predicted octanol–water partition coefficient (Wildman–Crippen LogP) is 8.03.